The Hall–Kier alpha value is -2.17. The number of thiazole rings is 1. The van der Waals surface area contributed by atoms with Crippen molar-refractivity contribution in [1.82, 2.24) is 29.9 Å². The van der Waals surface area contributed by atoms with Crippen molar-refractivity contribution >= 4 is 66.2 Å². The van der Waals surface area contributed by atoms with Gasteiger partial charge < -0.3 is 14.5 Å². The number of piperazine rings is 1. The van der Waals surface area contributed by atoms with Crippen LogP contribution in [0.5, 0.6) is 0 Å². The zero-order valence-electron chi connectivity index (χ0n) is 20.9. The number of fused-ring (bicyclic) bond motifs is 2. The maximum absolute atomic E-state index is 13.7. The van der Waals surface area contributed by atoms with Gasteiger partial charge in [0.25, 0.3) is 15.9 Å². The van der Waals surface area contributed by atoms with Crippen molar-refractivity contribution in [3.05, 3.63) is 44.9 Å². The number of morpholine rings is 1. The fourth-order valence-electron chi connectivity index (χ4n) is 5.03. The average Bonchev–Trinajstić information content (AvgIpc) is 3.58. The number of carbonyl (C=O) groups is 2. The number of sulfonamides is 1. The van der Waals surface area contributed by atoms with Gasteiger partial charge in [0.1, 0.15) is 4.21 Å². The molecule has 1 unspecified atom stereocenters. The highest BCUT2D eigenvalue weighted by atomic mass is 35.5. The van der Waals surface area contributed by atoms with Crippen LogP contribution in [0, 0.1) is 0 Å². The summed E-state index contributed by atoms with van der Waals surface area (Å²) in [7, 11) is -3.85. The summed E-state index contributed by atoms with van der Waals surface area (Å²) >= 11 is 8.61. The quantitative estimate of drug-likeness (QED) is 0.449. The van der Waals surface area contributed by atoms with Gasteiger partial charge in [0.2, 0.25) is 5.91 Å². The van der Waals surface area contributed by atoms with E-state index in [1.54, 1.807) is 34.1 Å². The number of nitrogens with one attached hydrogen (secondary N) is 2. The molecule has 5 heterocycles. The van der Waals surface area contributed by atoms with Gasteiger partial charge in [0.05, 0.1) is 31.5 Å². The molecule has 11 nitrogen and oxygen atoms in total. The van der Waals surface area contributed by atoms with Gasteiger partial charge >= 0.3 is 0 Å². The zero-order chi connectivity index (χ0) is 27.1. The molecule has 2 N–H and O–H groups in total. The SMILES string of the molecule is O=C(CC1CN(S(=O)(=O)c2cc3ccc(Cl)cc3s2)CCN1C(=O)c1nc2c(s1)CNNC2)N1CCOCC1. The lowest BCUT2D eigenvalue weighted by atomic mass is 10.1. The normalized spacial score (nSPS) is 20.8. The van der Waals surface area contributed by atoms with E-state index in [9.17, 15) is 18.0 Å². The molecule has 1 aromatic carbocycles. The Balaban J connectivity index is 1.27. The lowest BCUT2D eigenvalue weighted by Crippen LogP contribution is -2.58. The zero-order valence-corrected chi connectivity index (χ0v) is 24.1. The van der Waals surface area contributed by atoms with E-state index < -0.39 is 16.1 Å². The summed E-state index contributed by atoms with van der Waals surface area (Å²) in [5, 5.41) is 1.69. The number of hydrogen-bond acceptors (Lipinski definition) is 10. The summed E-state index contributed by atoms with van der Waals surface area (Å²) < 4.78 is 35.2. The highest BCUT2D eigenvalue weighted by Gasteiger charge is 2.40. The second-order valence-corrected chi connectivity index (χ2v) is 14.3. The number of hydrogen-bond donors (Lipinski definition) is 2. The Labute approximate surface area is 238 Å². The number of ether oxygens (including phenoxy) is 1. The fraction of sp³-hybridized carbons (Fsp3) is 0.458. The van der Waals surface area contributed by atoms with Crippen LogP contribution in [0.25, 0.3) is 10.1 Å². The monoisotopic (exact) mass is 610 g/mol. The summed E-state index contributed by atoms with van der Waals surface area (Å²) in [6.45, 7) is 3.28. The Kier molecular flexibility index (Phi) is 7.63. The molecule has 2 aromatic heterocycles. The molecule has 0 aliphatic carbocycles. The fourth-order valence-corrected chi connectivity index (χ4v) is 9.30. The van der Waals surface area contributed by atoms with Crippen molar-refractivity contribution in [2.45, 2.75) is 29.8 Å². The van der Waals surface area contributed by atoms with Gasteiger partial charge in [0.15, 0.2) is 5.01 Å². The molecule has 0 spiro atoms. The van der Waals surface area contributed by atoms with Crippen molar-refractivity contribution in [3.63, 3.8) is 0 Å². The number of benzene rings is 1. The van der Waals surface area contributed by atoms with Gasteiger partial charge in [-0.3, -0.25) is 20.4 Å². The van der Waals surface area contributed by atoms with Gasteiger partial charge in [0, 0.05) is 60.3 Å². The summed E-state index contributed by atoms with van der Waals surface area (Å²) in [6.07, 6.45) is 0.0218. The van der Waals surface area contributed by atoms with Crippen LogP contribution in [-0.4, -0.2) is 91.3 Å². The van der Waals surface area contributed by atoms with Crippen LogP contribution in [0.3, 0.4) is 0 Å². The number of rotatable bonds is 5. The molecule has 39 heavy (non-hydrogen) atoms. The number of amides is 2. The molecule has 0 bridgehead atoms. The maximum atomic E-state index is 13.7. The van der Waals surface area contributed by atoms with Crippen molar-refractivity contribution < 1.29 is 22.7 Å². The highest BCUT2D eigenvalue weighted by Crippen LogP contribution is 2.34. The van der Waals surface area contributed by atoms with Crippen LogP contribution >= 0.6 is 34.3 Å². The van der Waals surface area contributed by atoms with E-state index in [0.29, 0.717) is 49.4 Å². The van der Waals surface area contributed by atoms with Crippen LogP contribution in [0.15, 0.2) is 28.5 Å². The first kappa shape index (κ1) is 27.0. The molecule has 2 saturated heterocycles. The predicted molar refractivity (Wildman–Crippen MR) is 148 cm³/mol. The summed E-state index contributed by atoms with van der Waals surface area (Å²) in [5.41, 5.74) is 6.90. The van der Waals surface area contributed by atoms with E-state index in [1.807, 2.05) is 0 Å². The second kappa shape index (κ2) is 11.0. The van der Waals surface area contributed by atoms with E-state index >= 15 is 0 Å². The van der Waals surface area contributed by atoms with E-state index in [4.69, 9.17) is 16.3 Å². The second-order valence-electron chi connectivity index (χ2n) is 9.56. The van der Waals surface area contributed by atoms with Crippen molar-refractivity contribution in [2.75, 3.05) is 45.9 Å². The lowest BCUT2D eigenvalue weighted by molar-refractivity contribution is -0.136. The molecular weight excluding hydrogens is 584 g/mol. The first-order valence-corrected chi connectivity index (χ1v) is 16.0. The Bertz CT molecular complexity index is 1500. The van der Waals surface area contributed by atoms with Crippen LogP contribution < -0.4 is 10.9 Å². The minimum atomic E-state index is -3.85. The first-order chi connectivity index (χ1) is 18.8. The maximum Gasteiger partial charge on any atom is 0.283 e. The molecule has 0 radical (unpaired) electrons. The summed E-state index contributed by atoms with van der Waals surface area (Å²) in [5.74, 6) is -0.397. The molecule has 3 aliphatic heterocycles. The molecule has 3 aliphatic rings. The number of aromatic nitrogens is 1. The molecular formula is C24H27ClN6O5S3. The molecule has 0 saturated carbocycles. The summed E-state index contributed by atoms with van der Waals surface area (Å²) in [4.78, 5) is 35.8. The molecule has 2 fully saturated rings. The third-order valence-corrected chi connectivity index (χ3v) is 11.9. The van der Waals surface area contributed by atoms with Gasteiger partial charge in [-0.1, -0.05) is 17.7 Å². The van der Waals surface area contributed by atoms with Crippen LogP contribution in [-0.2, 0) is 32.6 Å². The number of nitrogens with zero attached hydrogens (tertiary/aromatic N) is 4. The topological polar surface area (TPSA) is 124 Å². The number of halogens is 1. The van der Waals surface area contributed by atoms with Crippen molar-refractivity contribution in [3.8, 4) is 0 Å². The van der Waals surface area contributed by atoms with E-state index in [0.717, 1.165) is 20.7 Å². The molecule has 1 atom stereocenters. The standard InChI is InChI=1S/C24H27ClN6O5S3/c25-16-2-1-15-9-22(37-19(15)10-16)39(34,35)30-3-4-31(17(14-30)11-21(32)29-5-7-36-8-6-29)24(33)23-28-18-12-26-27-13-20(18)38-23/h1-2,9-10,17,26-27H,3-8,11-14H2. The molecule has 208 valence electrons. The lowest BCUT2D eigenvalue weighted by Gasteiger charge is -2.41. The van der Waals surface area contributed by atoms with E-state index in [-0.39, 0.29) is 42.1 Å². The van der Waals surface area contributed by atoms with E-state index in [1.165, 1.54) is 27.0 Å². The van der Waals surface area contributed by atoms with Crippen molar-refractivity contribution in [2.24, 2.45) is 0 Å². The predicted octanol–water partition coefficient (Wildman–Crippen LogP) is 1.88. The smallest absolute Gasteiger partial charge is 0.283 e. The third-order valence-electron chi connectivity index (χ3n) is 7.13. The van der Waals surface area contributed by atoms with Crippen molar-refractivity contribution in [1.29, 1.82) is 0 Å². The van der Waals surface area contributed by atoms with Crippen LogP contribution in [0.1, 0.15) is 26.8 Å². The molecule has 6 rings (SSSR count). The Morgan fingerprint density at radius 1 is 1.08 bits per heavy atom. The minimum absolute atomic E-state index is 0.0212. The number of thiophene rings is 1. The van der Waals surface area contributed by atoms with Gasteiger partial charge in [-0.2, -0.15) is 4.31 Å². The summed E-state index contributed by atoms with van der Waals surface area (Å²) in [6, 6.07) is 6.30. The first-order valence-electron chi connectivity index (χ1n) is 12.6. The largest absolute Gasteiger partial charge is 0.378 e. The molecule has 2 amide bonds. The molecule has 3 aromatic rings. The number of carbonyl (C=O) groups excluding carboxylic acids is 2. The Morgan fingerprint density at radius 3 is 2.67 bits per heavy atom. The van der Waals surface area contributed by atoms with Crippen LogP contribution in [0.2, 0.25) is 5.02 Å². The average molecular weight is 611 g/mol. The third kappa shape index (κ3) is 5.44. The van der Waals surface area contributed by atoms with E-state index in [2.05, 4.69) is 15.8 Å². The Morgan fingerprint density at radius 2 is 1.87 bits per heavy atom. The van der Waals surface area contributed by atoms with Gasteiger partial charge in [-0.15, -0.1) is 22.7 Å². The number of hydrazine groups is 1. The van der Waals surface area contributed by atoms with Crippen LogP contribution in [0.4, 0.5) is 0 Å². The highest BCUT2D eigenvalue weighted by molar-refractivity contribution is 7.91. The molecule has 15 heteroatoms. The van der Waals surface area contributed by atoms with Gasteiger partial charge in [-0.25, -0.2) is 13.4 Å². The minimum Gasteiger partial charge on any atom is -0.378 e. The van der Waals surface area contributed by atoms with Gasteiger partial charge in [-0.05, 0) is 23.6 Å².